The first kappa shape index (κ1) is 20.6. The molecule has 2 amide bonds. The number of nitrogens with zero attached hydrogens (tertiary/aromatic N) is 2. The summed E-state index contributed by atoms with van der Waals surface area (Å²) < 4.78 is 1.87. The number of imidazole rings is 1. The van der Waals surface area contributed by atoms with Crippen LogP contribution in [-0.4, -0.2) is 21.4 Å². The van der Waals surface area contributed by atoms with E-state index in [-0.39, 0.29) is 30.3 Å². The Hall–Kier alpha value is -3.15. The minimum atomic E-state index is -0.311. The summed E-state index contributed by atoms with van der Waals surface area (Å²) >= 11 is 0. The second-order valence-electron chi connectivity index (χ2n) is 7.53. The van der Waals surface area contributed by atoms with Crippen LogP contribution in [0.2, 0.25) is 0 Å². The number of aromatic nitrogens is 2. The molecule has 3 aromatic rings. The van der Waals surface area contributed by atoms with Gasteiger partial charge in [0.25, 0.3) is 0 Å². The Morgan fingerprint density at radius 1 is 1.03 bits per heavy atom. The van der Waals surface area contributed by atoms with Crippen molar-refractivity contribution in [3.8, 4) is 0 Å². The van der Waals surface area contributed by atoms with Crippen molar-refractivity contribution in [3.05, 3.63) is 59.9 Å². The summed E-state index contributed by atoms with van der Waals surface area (Å²) in [4.78, 5) is 29.6. The molecule has 1 heterocycles. The van der Waals surface area contributed by atoms with Gasteiger partial charge in [-0.3, -0.25) is 9.59 Å². The molecule has 0 aliphatic rings. The number of benzene rings is 2. The standard InChI is InChI=1S/C23H28N4O2/c1-5-17-10-12-18(13-11-17)25-21(28)14-27-20-9-7-6-8-19(20)26-22(27)16(4)24-23(29)15(2)3/h6-13,15-16H,5,14H2,1-4H3,(H,24,29)(H,25,28). The number of hydrogen-bond acceptors (Lipinski definition) is 3. The molecule has 0 spiro atoms. The molecule has 6 nitrogen and oxygen atoms in total. The van der Waals surface area contributed by atoms with Crippen LogP contribution in [0.4, 0.5) is 5.69 Å². The number of hydrogen-bond donors (Lipinski definition) is 2. The second-order valence-corrected chi connectivity index (χ2v) is 7.53. The van der Waals surface area contributed by atoms with Gasteiger partial charge < -0.3 is 15.2 Å². The van der Waals surface area contributed by atoms with Gasteiger partial charge in [-0.05, 0) is 43.2 Å². The third-order valence-electron chi connectivity index (χ3n) is 4.90. The van der Waals surface area contributed by atoms with Crippen molar-refractivity contribution >= 4 is 28.5 Å². The highest BCUT2D eigenvalue weighted by atomic mass is 16.2. The van der Waals surface area contributed by atoms with Gasteiger partial charge in [-0.25, -0.2) is 4.98 Å². The van der Waals surface area contributed by atoms with Gasteiger partial charge in [-0.2, -0.15) is 0 Å². The van der Waals surface area contributed by atoms with Gasteiger partial charge in [-0.1, -0.05) is 45.0 Å². The van der Waals surface area contributed by atoms with Gasteiger partial charge in [0.05, 0.1) is 17.1 Å². The number of aryl methyl sites for hydroxylation is 1. The topological polar surface area (TPSA) is 76.0 Å². The Labute approximate surface area is 171 Å². The molecular weight excluding hydrogens is 364 g/mol. The molecule has 2 aromatic carbocycles. The first-order chi connectivity index (χ1) is 13.9. The summed E-state index contributed by atoms with van der Waals surface area (Å²) in [6.45, 7) is 7.80. The average Bonchev–Trinajstić information content (AvgIpc) is 3.07. The fourth-order valence-electron chi connectivity index (χ4n) is 3.20. The highest BCUT2D eigenvalue weighted by Gasteiger charge is 2.21. The van der Waals surface area contributed by atoms with Crippen LogP contribution in [0.1, 0.15) is 45.1 Å². The molecule has 0 bridgehead atoms. The molecule has 0 radical (unpaired) electrons. The summed E-state index contributed by atoms with van der Waals surface area (Å²) in [6.07, 6.45) is 0.957. The zero-order valence-corrected chi connectivity index (χ0v) is 17.4. The van der Waals surface area contributed by atoms with Crippen molar-refractivity contribution in [2.24, 2.45) is 5.92 Å². The van der Waals surface area contributed by atoms with Crippen LogP contribution in [0.15, 0.2) is 48.5 Å². The van der Waals surface area contributed by atoms with Crippen molar-refractivity contribution in [1.82, 2.24) is 14.9 Å². The molecule has 152 valence electrons. The molecule has 1 atom stereocenters. The quantitative estimate of drug-likeness (QED) is 0.636. The maximum Gasteiger partial charge on any atom is 0.244 e. The van der Waals surface area contributed by atoms with E-state index in [1.165, 1.54) is 5.56 Å². The highest BCUT2D eigenvalue weighted by Crippen LogP contribution is 2.21. The van der Waals surface area contributed by atoms with Crippen LogP contribution in [0.25, 0.3) is 11.0 Å². The van der Waals surface area contributed by atoms with E-state index in [1.54, 1.807) is 0 Å². The minimum Gasteiger partial charge on any atom is -0.346 e. The van der Waals surface area contributed by atoms with Gasteiger partial charge in [0.15, 0.2) is 0 Å². The smallest absolute Gasteiger partial charge is 0.244 e. The summed E-state index contributed by atoms with van der Waals surface area (Å²) in [5.41, 5.74) is 3.65. The summed E-state index contributed by atoms with van der Waals surface area (Å²) in [5.74, 6) is 0.360. The van der Waals surface area contributed by atoms with Gasteiger partial charge >= 0.3 is 0 Å². The molecule has 29 heavy (non-hydrogen) atoms. The van der Waals surface area contributed by atoms with E-state index in [2.05, 4.69) is 22.5 Å². The SMILES string of the molecule is CCc1ccc(NC(=O)Cn2c(C(C)NC(=O)C(C)C)nc3ccccc32)cc1. The van der Waals surface area contributed by atoms with Crippen LogP contribution in [0.3, 0.4) is 0 Å². The molecule has 0 fully saturated rings. The maximum absolute atomic E-state index is 12.7. The minimum absolute atomic E-state index is 0.0448. The zero-order valence-electron chi connectivity index (χ0n) is 17.4. The molecule has 0 saturated heterocycles. The maximum atomic E-state index is 12.7. The Balaban J connectivity index is 1.84. The normalized spacial score (nSPS) is 12.2. The lowest BCUT2D eigenvalue weighted by Gasteiger charge is -2.17. The summed E-state index contributed by atoms with van der Waals surface area (Å²) in [5, 5.41) is 5.93. The predicted molar refractivity (Wildman–Crippen MR) is 116 cm³/mol. The number of carbonyl (C=O) groups is 2. The van der Waals surface area contributed by atoms with E-state index < -0.39 is 0 Å². The fraction of sp³-hybridized carbons (Fsp3) is 0.348. The summed E-state index contributed by atoms with van der Waals surface area (Å²) in [6, 6.07) is 15.2. The van der Waals surface area contributed by atoms with Crippen LogP contribution >= 0.6 is 0 Å². The van der Waals surface area contributed by atoms with Gasteiger partial charge in [0.2, 0.25) is 11.8 Å². The fourth-order valence-corrected chi connectivity index (χ4v) is 3.20. The van der Waals surface area contributed by atoms with Crippen molar-refractivity contribution in [3.63, 3.8) is 0 Å². The molecular formula is C23H28N4O2. The second kappa shape index (κ2) is 8.90. The molecule has 6 heteroatoms. The Morgan fingerprint density at radius 3 is 2.38 bits per heavy atom. The highest BCUT2D eigenvalue weighted by molar-refractivity contribution is 5.91. The largest absolute Gasteiger partial charge is 0.346 e. The van der Waals surface area contributed by atoms with Crippen molar-refractivity contribution in [1.29, 1.82) is 0 Å². The van der Waals surface area contributed by atoms with Gasteiger partial charge in [-0.15, -0.1) is 0 Å². The van der Waals surface area contributed by atoms with Crippen molar-refractivity contribution < 1.29 is 9.59 Å². The molecule has 1 unspecified atom stereocenters. The third-order valence-corrected chi connectivity index (χ3v) is 4.90. The number of carbonyl (C=O) groups excluding carboxylic acids is 2. The van der Waals surface area contributed by atoms with Crippen molar-refractivity contribution in [2.45, 2.75) is 46.7 Å². The first-order valence-corrected chi connectivity index (χ1v) is 10.0. The number of para-hydroxylation sites is 2. The van der Waals surface area contributed by atoms with Crippen LogP contribution in [-0.2, 0) is 22.6 Å². The van der Waals surface area contributed by atoms with Crippen LogP contribution < -0.4 is 10.6 Å². The number of anilines is 1. The lowest BCUT2D eigenvalue weighted by Crippen LogP contribution is -2.32. The van der Waals surface area contributed by atoms with E-state index in [1.807, 2.05) is 73.9 Å². The van der Waals surface area contributed by atoms with Gasteiger partial charge in [0, 0.05) is 11.6 Å². The first-order valence-electron chi connectivity index (χ1n) is 10.0. The number of rotatable bonds is 7. The Morgan fingerprint density at radius 2 is 1.72 bits per heavy atom. The van der Waals surface area contributed by atoms with Gasteiger partial charge in [0.1, 0.15) is 12.4 Å². The lowest BCUT2D eigenvalue weighted by atomic mass is 10.1. The lowest BCUT2D eigenvalue weighted by molar-refractivity contribution is -0.124. The van der Waals surface area contributed by atoms with E-state index >= 15 is 0 Å². The van der Waals surface area contributed by atoms with E-state index in [0.717, 1.165) is 23.1 Å². The Kier molecular flexibility index (Phi) is 6.32. The summed E-state index contributed by atoms with van der Waals surface area (Å²) in [7, 11) is 0. The molecule has 2 N–H and O–H groups in total. The molecule has 0 aliphatic heterocycles. The number of nitrogens with one attached hydrogen (secondary N) is 2. The van der Waals surface area contributed by atoms with Crippen LogP contribution in [0.5, 0.6) is 0 Å². The van der Waals surface area contributed by atoms with E-state index in [9.17, 15) is 9.59 Å². The predicted octanol–water partition coefficient (Wildman–Crippen LogP) is 4.07. The molecule has 0 aliphatic carbocycles. The van der Waals surface area contributed by atoms with Crippen LogP contribution in [0, 0.1) is 5.92 Å². The molecule has 1 aromatic heterocycles. The monoisotopic (exact) mass is 392 g/mol. The molecule has 0 saturated carbocycles. The van der Waals surface area contributed by atoms with E-state index in [4.69, 9.17) is 0 Å². The van der Waals surface area contributed by atoms with Crippen molar-refractivity contribution in [2.75, 3.05) is 5.32 Å². The molecule has 3 rings (SSSR count). The third kappa shape index (κ3) is 4.83. The zero-order chi connectivity index (χ0) is 21.0. The average molecular weight is 393 g/mol. The number of fused-ring (bicyclic) bond motifs is 1. The van der Waals surface area contributed by atoms with E-state index in [0.29, 0.717) is 5.82 Å². The number of amides is 2. The Bertz CT molecular complexity index is 1010.